The van der Waals surface area contributed by atoms with Gasteiger partial charge in [-0.3, -0.25) is 4.31 Å². The van der Waals surface area contributed by atoms with E-state index in [1.54, 1.807) is 36.0 Å². The van der Waals surface area contributed by atoms with E-state index >= 15 is 0 Å². The van der Waals surface area contributed by atoms with Gasteiger partial charge in [-0.25, -0.2) is 8.42 Å². The molecule has 2 rings (SSSR count). The van der Waals surface area contributed by atoms with E-state index in [-0.39, 0.29) is 0 Å². The zero-order valence-corrected chi connectivity index (χ0v) is 14.1. The molecule has 0 amide bonds. The maximum absolute atomic E-state index is 12.9. The summed E-state index contributed by atoms with van der Waals surface area (Å²) in [4.78, 5) is 1.33. The van der Waals surface area contributed by atoms with Gasteiger partial charge in [-0.2, -0.15) is 0 Å². The van der Waals surface area contributed by atoms with Gasteiger partial charge in [0.05, 0.1) is 10.6 Å². The molecule has 0 aliphatic heterocycles. The Morgan fingerprint density at radius 2 is 1.68 bits per heavy atom. The predicted octanol–water partition coefficient (Wildman–Crippen LogP) is 2.95. The van der Waals surface area contributed by atoms with E-state index in [1.807, 2.05) is 36.6 Å². The molecule has 6 heteroatoms. The molecule has 2 aromatic rings. The summed E-state index contributed by atoms with van der Waals surface area (Å²) in [6, 6.07) is 16.1. The lowest BCUT2D eigenvalue weighted by Crippen LogP contribution is -2.33. The van der Waals surface area contributed by atoms with Crippen LogP contribution in [0.4, 0.5) is 5.69 Å². The van der Waals surface area contributed by atoms with Crippen molar-refractivity contribution in [3.63, 3.8) is 0 Å². The lowest BCUT2D eigenvalue weighted by molar-refractivity contribution is 0.589. The summed E-state index contributed by atoms with van der Waals surface area (Å²) in [5, 5.41) is 0. The van der Waals surface area contributed by atoms with Crippen LogP contribution in [-0.2, 0) is 10.0 Å². The molecule has 0 radical (unpaired) electrons. The molecule has 0 heterocycles. The Labute approximate surface area is 136 Å². The molecule has 0 unspecified atom stereocenters. The summed E-state index contributed by atoms with van der Waals surface area (Å²) in [6.07, 6.45) is 2.57. The van der Waals surface area contributed by atoms with Gasteiger partial charge < -0.3 is 5.73 Å². The van der Waals surface area contributed by atoms with Crippen molar-refractivity contribution in [3.8, 4) is 0 Å². The van der Waals surface area contributed by atoms with Gasteiger partial charge in [0, 0.05) is 11.4 Å². The van der Waals surface area contributed by atoms with Crippen LogP contribution in [0.3, 0.4) is 0 Å². The van der Waals surface area contributed by atoms with Crippen molar-refractivity contribution in [1.29, 1.82) is 0 Å². The van der Waals surface area contributed by atoms with E-state index in [1.165, 1.54) is 4.31 Å². The molecule has 0 bridgehead atoms. The topological polar surface area (TPSA) is 63.4 Å². The van der Waals surface area contributed by atoms with Gasteiger partial charge in [-0.1, -0.05) is 18.2 Å². The number of para-hydroxylation sites is 1. The van der Waals surface area contributed by atoms with Crippen LogP contribution in [0.2, 0.25) is 0 Å². The number of hydrogen-bond acceptors (Lipinski definition) is 4. The van der Waals surface area contributed by atoms with Gasteiger partial charge in [0.15, 0.2) is 0 Å². The number of nitrogens with two attached hydrogens (primary N) is 1. The molecule has 0 saturated carbocycles. The minimum absolute atomic E-state index is 0.297. The Morgan fingerprint density at radius 3 is 2.23 bits per heavy atom. The lowest BCUT2D eigenvalue weighted by atomic mass is 10.3. The van der Waals surface area contributed by atoms with Gasteiger partial charge in [0.2, 0.25) is 0 Å². The Kier molecular flexibility index (Phi) is 5.88. The monoisotopic (exact) mass is 336 g/mol. The predicted molar refractivity (Wildman–Crippen MR) is 92.9 cm³/mol. The van der Waals surface area contributed by atoms with Crippen LogP contribution < -0.4 is 10.0 Å². The van der Waals surface area contributed by atoms with Gasteiger partial charge >= 0.3 is 0 Å². The first-order chi connectivity index (χ1) is 10.6. The number of rotatable bonds is 7. The fraction of sp³-hybridized carbons (Fsp3) is 0.250. The highest BCUT2D eigenvalue weighted by Gasteiger charge is 2.24. The molecular formula is C16H20N2O2S2. The summed E-state index contributed by atoms with van der Waals surface area (Å²) < 4.78 is 27.3. The van der Waals surface area contributed by atoms with Gasteiger partial charge in [0.25, 0.3) is 10.0 Å². The Hall–Kier alpha value is -1.50. The highest BCUT2D eigenvalue weighted by molar-refractivity contribution is 7.98. The molecule has 0 aliphatic rings. The summed E-state index contributed by atoms with van der Waals surface area (Å²) in [6.45, 7) is 0.817. The molecule has 0 saturated heterocycles. The van der Waals surface area contributed by atoms with Crippen LogP contribution in [0.25, 0.3) is 0 Å². The largest absolute Gasteiger partial charge is 0.330 e. The van der Waals surface area contributed by atoms with Gasteiger partial charge in [-0.15, -0.1) is 11.8 Å². The SMILES string of the molecule is CSc1ccc(S(=O)(=O)N(CCCN)c2ccccc2)cc1. The minimum Gasteiger partial charge on any atom is -0.330 e. The van der Waals surface area contributed by atoms with Crippen LogP contribution >= 0.6 is 11.8 Å². The van der Waals surface area contributed by atoms with Crippen LogP contribution in [0.15, 0.2) is 64.4 Å². The molecule has 4 nitrogen and oxygen atoms in total. The second-order valence-electron chi connectivity index (χ2n) is 4.73. The number of nitrogens with zero attached hydrogens (tertiary/aromatic N) is 1. The van der Waals surface area contributed by atoms with Crippen molar-refractivity contribution in [2.75, 3.05) is 23.7 Å². The first-order valence-electron chi connectivity index (χ1n) is 7.01. The minimum atomic E-state index is -3.58. The third-order valence-electron chi connectivity index (χ3n) is 3.26. The van der Waals surface area contributed by atoms with Crippen LogP contribution in [0.5, 0.6) is 0 Å². The molecular weight excluding hydrogens is 316 g/mol. The van der Waals surface area contributed by atoms with E-state index in [9.17, 15) is 8.42 Å². The second kappa shape index (κ2) is 7.67. The number of hydrogen-bond donors (Lipinski definition) is 1. The molecule has 0 atom stereocenters. The third kappa shape index (κ3) is 3.82. The standard InChI is InChI=1S/C16H20N2O2S2/c1-21-15-8-10-16(11-9-15)22(19,20)18(13-5-12-17)14-6-3-2-4-7-14/h2-4,6-11H,5,12-13,17H2,1H3. The summed E-state index contributed by atoms with van der Waals surface area (Å²) in [7, 11) is -3.58. The second-order valence-corrected chi connectivity index (χ2v) is 7.47. The van der Waals surface area contributed by atoms with E-state index in [0.717, 1.165) is 4.90 Å². The maximum atomic E-state index is 12.9. The van der Waals surface area contributed by atoms with Crippen molar-refractivity contribution in [1.82, 2.24) is 0 Å². The van der Waals surface area contributed by atoms with Crippen LogP contribution in [-0.4, -0.2) is 27.8 Å². The van der Waals surface area contributed by atoms with Crippen molar-refractivity contribution in [3.05, 3.63) is 54.6 Å². The zero-order valence-electron chi connectivity index (χ0n) is 12.5. The Morgan fingerprint density at radius 1 is 1.05 bits per heavy atom. The summed E-state index contributed by atoms with van der Waals surface area (Å²) in [5.41, 5.74) is 6.21. The quantitative estimate of drug-likeness (QED) is 0.790. The van der Waals surface area contributed by atoms with Gasteiger partial charge in [-0.05, 0) is 55.6 Å². The average Bonchev–Trinajstić information content (AvgIpc) is 2.56. The third-order valence-corrected chi connectivity index (χ3v) is 5.84. The molecule has 118 valence electrons. The number of thioether (sulfide) groups is 1. The molecule has 2 aromatic carbocycles. The van der Waals surface area contributed by atoms with Crippen LogP contribution in [0.1, 0.15) is 6.42 Å². The molecule has 0 aliphatic carbocycles. The highest BCUT2D eigenvalue weighted by Crippen LogP contribution is 2.25. The number of sulfonamides is 1. The average molecular weight is 336 g/mol. The van der Waals surface area contributed by atoms with E-state index in [2.05, 4.69) is 0 Å². The smallest absolute Gasteiger partial charge is 0.264 e. The van der Waals surface area contributed by atoms with Crippen molar-refractivity contribution in [2.24, 2.45) is 5.73 Å². The molecule has 2 N–H and O–H groups in total. The van der Waals surface area contributed by atoms with Crippen molar-refractivity contribution >= 4 is 27.5 Å². The highest BCUT2D eigenvalue weighted by atomic mass is 32.2. The first-order valence-corrected chi connectivity index (χ1v) is 9.68. The van der Waals surface area contributed by atoms with E-state index in [0.29, 0.717) is 30.1 Å². The van der Waals surface area contributed by atoms with E-state index in [4.69, 9.17) is 5.73 Å². The fourth-order valence-electron chi connectivity index (χ4n) is 2.09. The summed E-state index contributed by atoms with van der Waals surface area (Å²) in [5.74, 6) is 0. The molecule has 0 aromatic heterocycles. The normalized spacial score (nSPS) is 11.4. The maximum Gasteiger partial charge on any atom is 0.264 e. The molecule has 0 spiro atoms. The Balaban J connectivity index is 2.39. The molecule has 22 heavy (non-hydrogen) atoms. The van der Waals surface area contributed by atoms with Crippen molar-refractivity contribution < 1.29 is 8.42 Å². The first kappa shape index (κ1) is 16.9. The number of anilines is 1. The van der Waals surface area contributed by atoms with Gasteiger partial charge in [0.1, 0.15) is 0 Å². The van der Waals surface area contributed by atoms with Crippen LogP contribution in [0, 0.1) is 0 Å². The molecule has 0 fully saturated rings. The Bertz CT molecular complexity index is 686. The fourth-order valence-corrected chi connectivity index (χ4v) is 4.00. The van der Waals surface area contributed by atoms with E-state index < -0.39 is 10.0 Å². The zero-order chi connectivity index (χ0) is 16.0. The summed E-state index contributed by atoms with van der Waals surface area (Å²) >= 11 is 1.58. The van der Waals surface area contributed by atoms with Crippen molar-refractivity contribution in [2.45, 2.75) is 16.2 Å². The lowest BCUT2D eigenvalue weighted by Gasteiger charge is -2.24. The number of benzene rings is 2.